The molecule has 0 atom stereocenters. The van der Waals surface area contributed by atoms with Gasteiger partial charge in [0.15, 0.2) is 0 Å². The SMILES string of the molecule is OCC1=CCSC1. The van der Waals surface area contributed by atoms with Crippen molar-refractivity contribution in [1.29, 1.82) is 0 Å². The normalized spacial score (nSPS) is 19.9. The zero-order valence-electron chi connectivity index (χ0n) is 4.05. The molecule has 7 heavy (non-hydrogen) atoms. The van der Waals surface area contributed by atoms with Gasteiger partial charge in [-0.05, 0) is 5.57 Å². The Bertz CT molecular complexity index is 88.1. The standard InChI is InChI=1S/C5H8OS/c6-3-5-1-2-7-4-5/h1,6H,2-4H2. The summed E-state index contributed by atoms with van der Waals surface area (Å²) in [5.41, 5.74) is 1.19. The van der Waals surface area contributed by atoms with Crippen LogP contribution in [0.15, 0.2) is 11.6 Å². The molecule has 40 valence electrons. The summed E-state index contributed by atoms with van der Waals surface area (Å²) in [5, 5.41) is 8.48. The van der Waals surface area contributed by atoms with E-state index >= 15 is 0 Å². The van der Waals surface area contributed by atoms with Crippen LogP contribution in [0, 0.1) is 0 Å². The van der Waals surface area contributed by atoms with Crippen LogP contribution >= 0.6 is 11.8 Å². The molecule has 1 rings (SSSR count). The molecule has 2 heteroatoms. The van der Waals surface area contributed by atoms with Crippen LogP contribution in [0.3, 0.4) is 0 Å². The lowest BCUT2D eigenvalue weighted by atomic mass is 10.3. The number of hydrogen-bond acceptors (Lipinski definition) is 2. The molecule has 0 aromatic rings. The predicted molar refractivity (Wildman–Crippen MR) is 32.5 cm³/mol. The van der Waals surface area contributed by atoms with Crippen molar-refractivity contribution in [2.75, 3.05) is 18.1 Å². The summed E-state index contributed by atoms with van der Waals surface area (Å²) in [5.74, 6) is 2.13. The summed E-state index contributed by atoms with van der Waals surface area (Å²) < 4.78 is 0. The summed E-state index contributed by atoms with van der Waals surface area (Å²) in [6.07, 6.45) is 2.09. The van der Waals surface area contributed by atoms with E-state index in [1.165, 1.54) is 5.57 Å². The molecule has 1 aliphatic heterocycles. The third-order valence-electron chi connectivity index (χ3n) is 0.980. The summed E-state index contributed by atoms with van der Waals surface area (Å²) in [6, 6.07) is 0. The van der Waals surface area contributed by atoms with Crippen LogP contribution in [-0.2, 0) is 0 Å². The topological polar surface area (TPSA) is 20.2 Å². The molecule has 0 aliphatic carbocycles. The fourth-order valence-corrected chi connectivity index (χ4v) is 1.48. The first-order valence-corrected chi connectivity index (χ1v) is 3.45. The molecule has 0 saturated carbocycles. The van der Waals surface area contributed by atoms with E-state index in [1.54, 1.807) is 0 Å². The quantitative estimate of drug-likeness (QED) is 0.508. The number of thioether (sulfide) groups is 1. The highest BCUT2D eigenvalue weighted by Crippen LogP contribution is 2.15. The zero-order chi connectivity index (χ0) is 5.11. The molecule has 0 bridgehead atoms. The largest absolute Gasteiger partial charge is 0.392 e. The van der Waals surface area contributed by atoms with Crippen LogP contribution in [0.5, 0.6) is 0 Å². The smallest absolute Gasteiger partial charge is 0.0650 e. The lowest BCUT2D eigenvalue weighted by Gasteiger charge is -1.87. The summed E-state index contributed by atoms with van der Waals surface area (Å²) in [6.45, 7) is 0.257. The van der Waals surface area contributed by atoms with Crippen LogP contribution in [0.1, 0.15) is 0 Å². The van der Waals surface area contributed by atoms with E-state index in [1.807, 2.05) is 11.8 Å². The van der Waals surface area contributed by atoms with Crippen molar-refractivity contribution in [3.8, 4) is 0 Å². The highest BCUT2D eigenvalue weighted by atomic mass is 32.2. The van der Waals surface area contributed by atoms with Gasteiger partial charge in [0, 0.05) is 11.5 Å². The Kier molecular flexibility index (Phi) is 1.77. The van der Waals surface area contributed by atoms with Crippen LogP contribution in [0.2, 0.25) is 0 Å². The number of aliphatic hydroxyl groups is 1. The molecule has 1 N–H and O–H groups in total. The second-order valence-corrected chi connectivity index (χ2v) is 2.57. The Morgan fingerprint density at radius 1 is 1.86 bits per heavy atom. The van der Waals surface area contributed by atoms with Gasteiger partial charge in [-0.1, -0.05) is 6.08 Å². The van der Waals surface area contributed by atoms with Crippen molar-refractivity contribution in [2.24, 2.45) is 0 Å². The molecule has 0 saturated heterocycles. The van der Waals surface area contributed by atoms with Crippen molar-refractivity contribution in [3.63, 3.8) is 0 Å². The van der Waals surface area contributed by atoms with Gasteiger partial charge in [-0.15, -0.1) is 0 Å². The minimum absolute atomic E-state index is 0.257. The third kappa shape index (κ3) is 1.21. The van der Waals surface area contributed by atoms with Gasteiger partial charge in [0.25, 0.3) is 0 Å². The van der Waals surface area contributed by atoms with E-state index in [9.17, 15) is 0 Å². The second kappa shape index (κ2) is 2.38. The minimum atomic E-state index is 0.257. The molecule has 0 unspecified atom stereocenters. The van der Waals surface area contributed by atoms with Crippen LogP contribution in [0.25, 0.3) is 0 Å². The third-order valence-corrected chi connectivity index (χ3v) is 1.96. The first-order chi connectivity index (χ1) is 3.43. The van der Waals surface area contributed by atoms with Crippen molar-refractivity contribution in [2.45, 2.75) is 0 Å². The van der Waals surface area contributed by atoms with Crippen molar-refractivity contribution in [3.05, 3.63) is 11.6 Å². The maximum atomic E-state index is 8.48. The van der Waals surface area contributed by atoms with E-state index in [0.717, 1.165) is 11.5 Å². The first-order valence-electron chi connectivity index (χ1n) is 2.30. The van der Waals surface area contributed by atoms with Gasteiger partial charge >= 0.3 is 0 Å². The molecule has 1 aliphatic rings. The lowest BCUT2D eigenvalue weighted by molar-refractivity contribution is 0.332. The van der Waals surface area contributed by atoms with Gasteiger partial charge in [0.05, 0.1) is 6.61 Å². The van der Waals surface area contributed by atoms with Gasteiger partial charge in [0.2, 0.25) is 0 Å². The Morgan fingerprint density at radius 2 is 2.71 bits per heavy atom. The van der Waals surface area contributed by atoms with E-state index in [-0.39, 0.29) is 6.61 Å². The first kappa shape index (κ1) is 5.19. The maximum absolute atomic E-state index is 8.48. The second-order valence-electron chi connectivity index (χ2n) is 1.54. The van der Waals surface area contributed by atoms with E-state index < -0.39 is 0 Å². The molecular formula is C5H8OS. The van der Waals surface area contributed by atoms with Crippen LogP contribution in [0.4, 0.5) is 0 Å². The molecule has 0 fully saturated rings. The molecule has 0 aromatic carbocycles. The fourth-order valence-electron chi connectivity index (χ4n) is 0.536. The minimum Gasteiger partial charge on any atom is -0.392 e. The van der Waals surface area contributed by atoms with E-state index in [2.05, 4.69) is 6.08 Å². The van der Waals surface area contributed by atoms with E-state index in [4.69, 9.17) is 5.11 Å². The van der Waals surface area contributed by atoms with Gasteiger partial charge in [-0.2, -0.15) is 11.8 Å². The summed E-state index contributed by atoms with van der Waals surface area (Å²) >= 11 is 1.85. The van der Waals surface area contributed by atoms with Gasteiger partial charge in [-0.25, -0.2) is 0 Å². The highest BCUT2D eigenvalue weighted by Gasteiger charge is 2.00. The van der Waals surface area contributed by atoms with Gasteiger partial charge in [-0.3, -0.25) is 0 Å². The molecule has 0 spiro atoms. The Labute approximate surface area is 47.4 Å². The maximum Gasteiger partial charge on any atom is 0.0650 e. The van der Waals surface area contributed by atoms with Crippen molar-refractivity contribution in [1.82, 2.24) is 0 Å². The Morgan fingerprint density at radius 3 is 3.00 bits per heavy atom. The van der Waals surface area contributed by atoms with Crippen molar-refractivity contribution >= 4 is 11.8 Å². The highest BCUT2D eigenvalue weighted by molar-refractivity contribution is 7.99. The summed E-state index contributed by atoms with van der Waals surface area (Å²) in [4.78, 5) is 0. The number of aliphatic hydroxyl groups excluding tert-OH is 1. The monoisotopic (exact) mass is 116 g/mol. The average Bonchev–Trinajstić information content (AvgIpc) is 2.14. The predicted octanol–water partition coefficient (Wildman–Crippen LogP) is 0.652. The van der Waals surface area contributed by atoms with Gasteiger partial charge < -0.3 is 5.11 Å². The number of hydrogen-bond donors (Lipinski definition) is 1. The molecule has 0 amide bonds. The van der Waals surface area contributed by atoms with Crippen LogP contribution in [-0.4, -0.2) is 23.2 Å². The van der Waals surface area contributed by atoms with E-state index in [0.29, 0.717) is 0 Å². The lowest BCUT2D eigenvalue weighted by Crippen LogP contribution is -1.86. The van der Waals surface area contributed by atoms with Crippen LogP contribution < -0.4 is 0 Å². The fraction of sp³-hybridized carbons (Fsp3) is 0.600. The molecule has 1 heterocycles. The number of rotatable bonds is 1. The molecule has 0 aromatic heterocycles. The Hall–Kier alpha value is 0.0500. The molecule has 0 radical (unpaired) electrons. The summed E-state index contributed by atoms with van der Waals surface area (Å²) in [7, 11) is 0. The zero-order valence-corrected chi connectivity index (χ0v) is 4.87. The molecular weight excluding hydrogens is 108 g/mol. The van der Waals surface area contributed by atoms with Gasteiger partial charge in [0.1, 0.15) is 0 Å². The molecule has 1 nitrogen and oxygen atoms in total. The average molecular weight is 116 g/mol. The van der Waals surface area contributed by atoms with Crippen molar-refractivity contribution < 1.29 is 5.11 Å². The Balaban J connectivity index is 2.36.